The quantitative estimate of drug-likeness (QED) is 0.846. The van der Waals surface area contributed by atoms with Crippen molar-refractivity contribution in [3.8, 4) is 0 Å². The first-order valence-electron chi connectivity index (χ1n) is 5.18. The largest absolute Gasteiger partial charge is 0.399 e. The summed E-state index contributed by atoms with van der Waals surface area (Å²) in [4.78, 5) is 0.633. The van der Waals surface area contributed by atoms with Crippen molar-refractivity contribution in [1.82, 2.24) is 0 Å². The number of nitrogens with two attached hydrogens (primary N) is 1. The molecule has 16 heavy (non-hydrogen) atoms. The summed E-state index contributed by atoms with van der Waals surface area (Å²) >= 11 is 6.00. The van der Waals surface area contributed by atoms with Crippen LogP contribution in [0.15, 0.2) is 23.1 Å². The molecule has 0 aliphatic carbocycles. The van der Waals surface area contributed by atoms with Gasteiger partial charge in [0.2, 0.25) is 0 Å². The molecule has 0 radical (unpaired) electrons. The number of hydrogen-bond acceptors (Lipinski definition) is 3. The van der Waals surface area contributed by atoms with Gasteiger partial charge in [0, 0.05) is 18.0 Å². The topological polar surface area (TPSA) is 52.3 Å². The highest BCUT2D eigenvalue weighted by atomic mass is 35.5. The van der Waals surface area contributed by atoms with Crippen LogP contribution in [0.3, 0.4) is 0 Å². The molecule has 3 nitrogen and oxygen atoms in total. The summed E-state index contributed by atoms with van der Waals surface area (Å²) in [5.74, 6) is 0.974. The molecule has 88 valence electrons. The zero-order chi connectivity index (χ0) is 11.5. The average Bonchev–Trinajstić information content (AvgIpc) is 2.74. The van der Waals surface area contributed by atoms with E-state index in [0.29, 0.717) is 33.9 Å². The van der Waals surface area contributed by atoms with E-state index in [0.717, 1.165) is 13.0 Å². The molecule has 1 fully saturated rings. The zero-order valence-corrected chi connectivity index (χ0v) is 10.4. The van der Waals surface area contributed by atoms with Gasteiger partial charge in [-0.1, -0.05) is 11.6 Å². The average molecular weight is 260 g/mol. The monoisotopic (exact) mass is 259 g/mol. The van der Waals surface area contributed by atoms with Gasteiger partial charge in [-0.15, -0.1) is 0 Å². The number of rotatable bonds is 3. The molecule has 2 unspecified atom stereocenters. The van der Waals surface area contributed by atoms with E-state index in [1.54, 1.807) is 18.2 Å². The van der Waals surface area contributed by atoms with Gasteiger partial charge < -0.3 is 10.5 Å². The summed E-state index contributed by atoms with van der Waals surface area (Å²) in [6.45, 7) is 1.47. The highest BCUT2D eigenvalue weighted by Gasteiger charge is 2.20. The van der Waals surface area contributed by atoms with Crippen LogP contribution < -0.4 is 5.73 Å². The van der Waals surface area contributed by atoms with Crippen LogP contribution in [-0.2, 0) is 15.5 Å². The van der Waals surface area contributed by atoms with E-state index in [9.17, 15) is 4.21 Å². The molecule has 0 bridgehead atoms. The first-order valence-corrected chi connectivity index (χ1v) is 6.87. The molecular weight excluding hydrogens is 246 g/mol. The molecule has 2 N–H and O–H groups in total. The molecular formula is C11H14ClNO2S. The van der Waals surface area contributed by atoms with Gasteiger partial charge in [-0.3, -0.25) is 4.21 Å². The second-order valence-corrected chi connectivity index (χ2v) is 5.80. The number of nitrogen functional groups attached to an aromatic ring is 1. The Bertz CT molecular complexity index is 405. The summed E-state index contributed by atoms with van der Waals surface area (Å²) in [6.07, 6.45) is 0.978. The highest BCUT2D eigenvalue weighted by Crippen LogP contribution is 2.25. The minimum Gasteiger partial charge on any atom is -0.399 e. The SMILES string of the molecule is Nc1ccc(Cl)c(S(=O)CC2CCOC2)c1. The Morgan fingerprint density at radius 3 is 3.06 bits per heavy atom. The molecule has 0 saturated carbocycles. The van der Waals surface area contributed by atoms with Crippen molar-refractivity contribution in [3.05, 3.63) is 23.2 Å². The van der Waals surface area contributed by atoms with Gasteiger partial charge in [0.15, 0.2) is 0 Å². The van der Waals surface area contributed by atoms with E-state index in [1.807, 2.05) is 0 Å². The molecule has 1 aliphatic rings. The smallest absolute Gasteiger partial charge is 0.0594 e. The zero-order valence-electron chi connectivity index (χ0n) is 8.82. The van der Waals surface area contributed by atoms with Crippen molar-refractivity contribution >= 4 is 28.1 Å². The Balaban J connectivity index is 2.10. The summed E-state index contributed by atoms with van der Waals surface area (Å²) in [6, 6.07) is 5.09. The molecule has 1 saturated heterocycles. The molecule has 1 aromatic carbocycles. The summed E-state index contributed by atoms with van der Waals surface area (Å²) < 4.78 is 17.3. The maximum atomic E-state index is 12.1. The molecule has 1 aromatic rings. The van der Waals surface area contributed by atoms with E-state index >= 15 is 0 Å². The second kappa shape index (κ2) is 5.17. The highest BCUT2D eigenvalue weighted by molar-refractivity contribution is 7.85. The Morgan fingerprint density at radius 2 is 2.38 bits per heavy atom. The molecule has 2 rings (SSSR count). The number of anilines is 1. The van der Waals surface area contributed by atoms with Crippen LogP contribution in [0.4, 0.5) is 5.69 Å². The number of ether oxygens (including phenoxy) is 1. The van der Waals surface area contributed by atoms with Crippen molar-refractivity contribution < 1.29 is 8.95 Å². The molecule has 5 heteroatoms. The molecule has 1 heterocycles. The fourth-order valence-electron chi connectivity index (χ4n) is 1.71. The molecule has 1 aliphatic heterocycles. The van der Waals surface area contributed by atoms with Crippen LogP contribution in [0, 0.1) is 5.92 Å². The number of benzene rings is 1. The van der Waals surface area contributed by atoms with E-state index in [2.05, 4.69) is 0 Å². The van der Waals surface area contributed by atoms with Crippen molar-refractivity contribution in [2.45, 2.75) is 11.3 Å². The Labute approximate surface area is 102 Å². The van der Waals surface area contributed by atoms with E-state index in [4.69, 9.17) is 22.1 Å². The maximum Gasteiger partial charge on any atom is 0.0594 e. The van der Waals surface area contributed by atoms with Gasteiger partial charge >= 0.3 is 0 Å². The lowest BCUT2D eigenvalue weighted by Gasteiger charge is -2.09. The van der Waals surface area contributed by atoms with Crippen LogP contribution in [0.2, 0.25) is 5.02 Å². The minimum atomic E-state index is -1.09. The van der Waals surface area contributed by atoms with Crippen molar-refractivity contribution in [2.75, 3.05) is 24.7 Å². The Morgan fingerprint density at radius 1 is 1.56 bits per heavy atom. The molecule has 0 aromatic heterocycles. The van der Waals surface area contributed by atoms with Crippen LogP contribution in [-0.4, -0.2) is 23.2 Å². The number of halogens is 1. The summed E-state index contributed by atoms with van der Waals surface area (Å²) in [5.41, 5.74) is 6.25. The van der Waals surface area contributed by atoms with Crippen LogP contribution in [0.1, 0.15) is 6.42 Å². The van der Waals surface area contributed by atoms with Gasteiger partial charge in [0.1, 0.15) is 0 Å². The van der Waals surface area contributed by atoms with Crippen molar-refractivity contribution in [1.29, 1.82) is 0 Å². The standard InChI is InChI=1S/C11H14ClNO2S/c12-10-2-1-9(13)5-11(10)16(14)7-8-3-4-15-6-8/h1-2,5,8H,3-4,6-7,13H2. The second-order valence-electron chi connectivity index (χ2n) is 3.93. The lowest BCUT2D eigenvalue weighted by molar-refractivity contribution is 0.189. The number of hydrogen-bond donors (Lipinski definition) is 1. The van der Waals surface area contributed by atoms with Crippen LogP contribution in [0.5, 0.6) is 0 Å². The minimum absolute atomic E-state index is 0.373. The lowest BCUT2D eigenvalue weighted by atomic mass is 10.2. The first kappa shape index (κ1) is 11.9. The maximum absolute atomic E-state index is 12.1. The third kappa shape index (κ3) is 2.75. The van der Waals surface area contributed by atoms with Crippen molar-refractivity contribution in [2.24, 2.45) is 5.92 Å². The van der Waals surface area contributed by atoms with Gasteiger partial charge in [-0.2, -0.15) is 0 Å². The molecule has 0 amide bonds. The predicted octanol–water partition coefficient (Wildman–Crippen LogP) is 2.07. The van der Waals surface area contributed by atoms with Crippen LogP contribution >= 0.6 is 11.6 Å². The fraction of sp³-hybridized carbons (Fsp3) is 0.455. The van der Waals surface area contributed by atoms with Crippen LogP contribution in [0.25, 0.3) is 0 Å². The predicted molar refractivity (Wildman–Crippen MR) is 66.1 cm³/mol. The Kier molecular flexibility index (Phi) is 3.84. The van der Waals surface area contributed by atoms with E-state index in [-0.39, 0.29) is 0 Å². The Hall–Kier alpha value is -0.580. The summed E-state index contributed by atoms with van der Waals surface area (Å²) in [5, 5.41) is 0.520. The first-order chi connectivity index (χ1) is 7.66. The van der Waals surface area contributed by atoms with Crippen molar-refractivity contribution in [3.63, 3.8) is 0 Å². The third-order valence-corrected chi connectivity index (χ3v) is 4.66. The normalized spacial score (nSPS) is 22.2. The van der Waals surface area contributed by atoms with Gasteiger partial charge in [0.05, 0.1) is 27.3 Å². The van der Waals surface area contributed by atoms with Gasteiger partial charge in [-0.05, 0) is 30.5 Å². The molecule has 2 atom stereocenters. The van der Waals surface area contributed by atoms with Gasteiger partial charge in [-0.25, -0.2) is 0 Å². The fourth-order valence-corrected chi connectivity index (χ4v) is 3.51. The van der Waals surface area contributed by atoms with Gasteiger partial charge in [0.25, 0.3) is 0 Å². The van der Waals surface area contributed by atoms with E-state index < -0.39 is 10.8 Å². The summed E-state index contributed by atoms with van der Waals surface area (Å²) in [7, 11) is -1.09. The third-order valence-electron chi connectivity index (χ3n) is 2.61. The van der Waals surface area contributed by atoms with E-state index in [1.165, 1.54) is 0 Å². The lowest BCUT2D eigenvalue weighted by Crippen LogP contribution is -2.11. The molecule has 0 spiro atoms.